The first-order chi connectivity index (χ1) is 14.4. The van der Waals surface area contributed by atoms with Crippen molar-refractivity contribution in [2.24, 2.45) is 5.92 Å². The second-order valence-corrected chi connectivity index (χ2v) is 9.94. The van der Waals surface area contributed by atoms with Gasteiger partial charge in [0.1, 0.15) is 0 Å². The van der Waals surface area contributed by atoms with Crippen LogP contribution in [0.1, 0.15) is 36.5 Å². The molecule has 0 aliphatic carbocycles. The number of hydrogen-bond donors (Lipinski definition) is 1. The third kappa shape index (κ3) is 5.61. The van der Waals surface area contributed by atoms with Crippen LogP contribution in [0, 0.1) is 5.92 Å². The van der Waals surface area contributed by atoms with Crippen LogP contribution in [-0.4, -0.2) is 52.5 Å². The summed E-state index contributed by atoms with van der Waals surface area (Å²) in [5.74, 6) is 0.631. The highest BCUT2D eigenvalue weighted by atomic mass is 32.2. The van der Waals surface area contributed by atoms with E-state index in [4.69, 9.17) is 0 Å². The van der Waals surface area contributed by atoms with Crippen LogP contribution in [0.4, 0.5) is 5.69 Å². The van der Waals surface area contributed by atoms with E-state index in [-0.39, 0.29) is 10.8 Å². The van der Waals surface area contributed by atoms with E-state index < -0.39 is 10.0 Å². The highest BCUT2D eigenvalue weighted by molar-refractivity contribution is 7.92. The summed E-state index contributed by atoms with van der Waals surface area (Å²) in [6.45, 7) is 6.17. The molecule has 1 aliphatic rings. The van der Waals surface area contributed by atoms with Crippen molar-refractivity contribution in [3.8, 4) is 0 Å². The van der Waals surface area contributed by atoms with Gasteiger partial charge >= 0.3 is 0 Å². The SMILES string of the molecule is CC1CCN(CCCNC(=O)c2cccc(N(C)S(=O)(=O)c3ccccc3)c2)CC1. The summed E-state index contributed by atoms with van der Waals surface area (Å²) in [5.41, 5.74) is 0.906. The molecule has 1 amide bonds. The summed E-state index contributed by atoms with van der Waals surface area (Å²) in [4.78, 5) is 15.2. The number of likely N-dealkylation sites (tertiary alicyclic amines) is 1. The Labute approximate surface area is 179 Å². The molecule has 0 spiro atoms. The standard InChI is InChI=1S/C23H31N3O3S/c1-19-12-16-26(17-13-19)15-7-14-24-23(27)20-8-6-9-21(18-20)25(2)30(28,29)22-10-4-3-5-11-22/h3-6,8-11,18-19H,7,12-17H2,1-2H3,(H,24,27). The minimum absolute atomic E-state index is 0.186. The van der Waals surface area contributed by atoms with Crippen molar-refractivity contribution in [1.82, 2.24) is 10.2 Å². The number of anilines is 1. The van der Waals surface area contributed by atoms with E-state index in [0.717, 1.165) is 32.0 Å². The number of amides is 1. The lowest BCUT2D eigenvalue weighted by Gasteiger charge is -2.30. The first-order valence-corrected chi connectivity index (χ1v) is 12.0. The molecule has 2 aromatic carbocycles. The van der Waals surface area contributed by atoms with Gasteiger partial charge in [0, 0.05) is 19.2 Å². The molecule has 7 heteroatoms. The zero-order valence-electron chi connectivity index (χ0n) is 17.8. The fourth-order valence-corrected chi connectivity index (χ4v) is 4.83. The van der Waals surface area contributed by atoms with E-state index >= 15 is 0 Å². The van der Waals surface area contributed by atoms with Crippen LogP contribution in [0.3, 0.4) is 0 Å². The van der Waals surface area contributed by atoms with Gasteiger partial charge < -0.3 is 10.2 Å². The largest absolute Gasteiger partial charge is 0.352 e. The van der Waals surface area contributed by atoms with E-state index in [1.807, 2.05) is 0 Å². The van der Waals surface area contributed by atoms with E-state index in [1.54, 1.807) is 54.6 Å². The molecular formula is C23H31N3O3S. The summed E-state index contributed by atoms with van der Waals surface area (Å²) < 4.78 is 26.8. The molecule has 2 aromatic rings. The molecule has 0 atom stereocenters. The first-order valence-electron chi connectivity index (χ1n) is 10.5. The molecular weight excluding hydrogens is 398 g/mol. The Bertz CT molecular complexity index is 939. The van der Waals surface area contributed by atoms with Crippen molar-refractivity contribution in [2.45, 2.75) is 31.1 Å². The predicted molar refractivity (Wildman–Crippen MR) is 120 cm³/mol. The lowest BCUT2D eigenvalue weighted by Crippen LogP contribution is -2.35. The maximum absolute atomic E-state index is 12.8. The van der Waals surface area contributed by atoms with Gasteiger partial charge in [0.25, 0.3) is 15.9 Å². The highest BCUT2D eigenvalue weighted by Gasteiger charge is 2.21. The summed E-state index contributed by atoms with van der Waals surface area (Å²) >= 11 is 0. The van der Waals surface area contributed by atoms with Gasteiger partial charge in [0.2, 0.25) is 0 Å². The number of piperidine rings is 1. The highest BCUT2D eigenvalue weighted by Crippen LogP contribution is 2.23. The molecule has 6 nitrogen and oxygen atoms in total. The van der Waals surface area contributed by atoms with Crippen LogP contribution in [-0.2, 0) is 10.0 Å². The average Bonchev–Trinajstić information content (AvgIpc) is 2.78. The van der Waals surface area contributed by atoms with Gasteiger partial charge in [0.15, 0.2) is 0 Å². The molecule has 0 saturated carbocycles. The van der Waals surface area contributed by atoms with E-state index in [0.29, 0.717) is 17.8 Å². The maximum Gasteiger partial charge on any atom is 0.264 e. The maximum atomic E-state index is 12.8. The minimum Gasteiger partial charge on any atom is -0.352 e. The van der Waals surface area contributed by atoms with Crippen molar-refractivity contribution in [3.63, 3.8) is 0 Å². The van der Waals surface area contributed by atoms with Gasteiger partial charge in [0.05, 0.1) is 10.6 Å². The number of carbonyl (C=O) groups is 1. The second kappa shape index (κ2) is 10.1. The monoisotopic (exact) mass is 429 g/mol. The molecule has 0 radical (unpaired) electrons. The first kappa shape index (κ1) is 22.3. The Balaban J connectivity index is 1.56. The van der Waals surface area contributed by atoms with Crippen LogP contribution < -0.4 is 9.62 Å². The summed E-state index contributed by atoms with van der Waals surface area (Å²) in [6.07, 6.45) is 3.40. The third-order valence-electron chi connectivity index (χ3n) is 5.69. The van der Waals surface area contributed by atoms with E-state index in [1.165, 1.54) is 24.2 Å². The van der Waals surface area contributed by atoms with Crippen LogP contribution in [0.2, 0.25) is 0 Å². The van der Waals surface area contributed by atoms with Crippen molar-refractivity contribution in [2.75, 3.05) is 37.5 Å². The zero-order valence-corrected chi connectivity index (χ0v) is 18.6. The molecule has 1 aliphatic heterocycles. The number of benzene rings is 2. The fraction of sp³-hybridized carbons (Fsp3) is 0.435. The van der Waals surface area contributed by atoms with E-state index in [9.17, 15) is 13.2 Å². The molecule has 0 bridgehead atoms. The van der Waals surface area contributed by atoms with Crippen LogP contribution >= 0.6 is 0 Å². The van der Waals surface area contributed by atoms with E-state index in [2.05, 4.69) is 17.1 Å². The Kier molecular flexibility index (Phi) is 7.50. The Hall–Kier alpha value is -2.38. The molecule has 3 rings (SSSR count). The molecule has 1 fully saturated rings. The van der Waals surface area contributed by atoms with Gasteiger partial charge in [-0.25, -0.2) is 8.42 Å². The van der Waals surface area contributed by atoms with Crippen molar-refractivity contribution >= 4 is 21.6 Å². The summed E-state index contributed by atoms with van der Waals surface area (Å²) in [5, 5.41) is 2.95. The Morgan fingerprint density at radius 1 is 1.10 bits per heavy atom. The van der Waals surface area contributed by atoms with Crippen LogP contribution in [0.25, 0.3) is 0 Å². The van der Waals surface area contributed by atoms with Crippen molar-refractivity contribution < 1.29 is 13.2 Å². The Morgan fingerprint density at radius 3 is 2.50 bits per heavy atom. The number of rotatable bonds is 8. The second-order valence-electron chi connectivity index (χ2n) is 7.97. The number of sulfonamides is 1. The number of nitrogens with one attached hydrogen (secondary N) is 1. The molecule has 162 valence electrons. The molecule has 1 N–H and O–H groups in total. The fourth-order valence-electron chi connectivity index (χ4n) is 3.62. The smallest absolute Gasteiger partial charge is 0.264 e. The predicted octanol–water partition coefficient (Wildman–Crippen LogP) is 3.36. The van der Waals surface area contributed by atoms with Gasteiger partial charge in [-0.2, -0.15) is 0 Å². The molecule has 0 aromatic heterocycles. The van der Waals surface area contributed by atoms with Crippen molar-refractivity contribution in [1.29, 1.82) is 0 Å². The lowest BCUT2D eigenvalue weighted by molar-refractivity contribution is 0.0950. The van der Waals surface area contributed by atoms with Gasteiger partial charge in [-0.1, -0.05) is 31.2 Å². The topological polar surface area (TPSA) is 69.7 Å². The summed E-state index contributed by atoms with van der Waals surface area (Å²) in [6, 6.07) is 15.0. The van der Waals surface area contributed by atoms with Crippen LogP contribution in [0.5, 0.6) is 0 Å². The van der Waals surface area contributed by atoms with Crippen LogP contribution in [0.15, 0.2) is 59.5 Å². The third-order valence-corrected chi connectivity index (χ3v) is 7.49. The Morgan fingerprint density at radius 2 is 1.80 bits per heavy atom. The molecule has 1 heterocycles. The van der Waals surface area contributed by atoms with Crippen molar-refractivity contribution in [3.05, 3.63) is 60.2 Å². The number of nitrogens with zero attached hydrogens (tertiary/aromatic N) is 2. The quantitative estimate of drug-likeness (QED) is 0.653. The molecule has 1 saturated heterocycles. The zero-order chi connectivity index (χ0) is 21.6. The molecule has 30 heavy (non-hydrogen) atoms. The number of hydrogen-bond acceptors (Lipinski definition) is 4. The normalized spacial score (nSPS) is 15.7. The number of carbonyl (C=O) groups excluding carboxylic acids is 1. The van der Waals surface area contributed by atoms with Gasteiger partial charge in [-0.05, 0) is 75.1 Å². The molecule has 0 unspecified atom stereocenters. The average molecular weight is 430 g/mol. The van der Waals surface area contributed by atoms with Gasteiger partial charge in [-0.15, -0.1) is 0 Å². The van der Waals surface area contributed by atoms with Gasteiger partial charge in [-0.3, -0.25) is 9.10 Å². The minimum atomic E-state index is -3.68. The summed E-state index contributed by atoms with van der Waals surface area (Å²) in [7, 11) is -2.18. The lowest BCUT2D eigenvalue weighted by atomic mass is 9.99.